The van der Waals surface area contributed by atoms with E-state index in [9.17, 15) is 4.79 Å². The summed E-state index contributed by atoms with van der Waals surface area (Å²) in [5.41, 5.74) is 6.87. The second-order valence-electron chi connectivity index (χ2n) is 7.27. The van der Waals surface area contributed by atoms with Crippen LogP contribution in [0.3, 0.4) is 0 Å². The van der Waals surface area contributed by atoms with Crippen LogP contribution in [0.15, 0.2) is 60.0 Å². The Kier molecular flexibility index (Phi) is 5.12. The molecule has 3 rings (SSSR count). The van der Waals surface area contributed by atoms with Gasteiger partial charge in [0.1, 0.15) is 6.33 Å². The van der Waals surface area contributed by atoms with Crippen molar-refractivity contribution in [2.24, 2.45) is 5.10 Å². The van der Waals surface area contributed by atoms with E-state index in [4.69, 9.17) is 0 Å². The number of hydrogen-bond donors (Lipinski definition) is 1. The van der Waals surface area contributed by atoms with Crippen LogP contribution in [-0.4, -0.2) is 31.8 Å². The smallest absolute Gasteiger partial charge is 0.267 e. The average Bonchev–Trinajstić information content (AvgIpc) is 3.20. The van der Waals surface area contributed by atoms with Gasteiger partial charge >= 0.3 is 0 Å². The number of hydrogen-bond acceptors (Lipinski definition) is 5. The molecule has 7 heteroatoms. The molecule has 0 atom stereocenters. The summed E-state index contributed by atoms with van der Waals surface area (Å²) >= 11 is 0. The predicted molar refractivity (Wildman–Crippen MR) is 104 cm³/mol. The highest BCUT2D eigenvalue weighted by molar-refractivity contribution is 6.00. The zero-order valence-corrected chi connectivity index (χ0v) is 15.8. The van der Waals surface area contributed by atoms with Gasteiger partial charge in [0.05, 0.1) is 11.4 Å². The fourth-order valence-corrected chi connectivity index (χ4v) is 2.52. The number of carbonyl (C=O) groups excluding carboxylic acids is 1. The summed E-state index contributed by atoms with van der Waals surface area (Å²) in [6.45, 7) is 8.26. The highest BCUT2D eigenvalue weighted by atomic mass is 16.2. The van der Waals surface area contributed by atoms with Gasteiger partial charge in [0.25, 0.3) is 5.91 Å². The number of amides is 1. The molecule has 0 saturated heterocycles. The van der Waals surface area contributed by atoms with E-state index in [1.807, 2.05) is 55.5 Å². The van der Waals surface area contributed by atoms with Gasteiger partial charge in [-0.15, -0.1) is 5.10 Å². The quantitative estimate of drug-likeness (QED) is 0.571. The summed E-state index contributed by atoms with van der Waals surface area (Å²) in [4.78, 5) is 12.3. The summed E-state index contributed by atoms with van der Waals surface area (Å²) in [5, 5.41) is 15.3. The molecule has 3 aromatic rings. The molecular weight excluding hydrogens is 340 g/mol. The van der Waals surface area contributed by atoms with E-state index in [0.29, 0.717) is 11.3 Å². The summed E-state index contributed by atoms with van der Waals surface area (Å²) in [6, 6.07) is 15.2. The Labute approximate surface area is 158 Å². The minimum atomic E-state index is -0.236. The molecule has 138 valence electrons. The first kappa shape index (κ1) is 18.4. The number of aromatic nitrogens is 4. The standard InChI is InChI=1S/C20H22N6O/c1-14(15-7-11-18(12-8-15)26-13-21-24-25-26)22-23-19(27)16-5-9-17(10-6-16)20(2,3)4/h5-13H,1-4H3,(H,23,27). The third-order valence-corrected chi connectivity index (χ3v) is 4.24. The van der Waals surface area contributed by atoms with E-state index in [0.717, 1.165) is 11.3 Å². The maximum absolute atomic E-state index is 12.3. The number of carbonyl (C=O) groups is 1. The van der Waals surface area contributed by atoms with Crippen LogP contribution >= 0.6 is 0 Å². The molecular formula is C20H22N6O. The molecule has 0 aliphatic heterocycles. The van der Waals surface area contributed by atoms with Crippen molar-refractivity contribution in [3.05, 3.63) is 71.5 Å². The third-order valence-electron chi connectivity index (χ3n) is 4.24. The van der Waals surface area contributed by atoms with Crippen molar-refractivity contribution >= 4 is 11.6 Å². The molecule has 0 spiro atoms. The van der Waals surface area contributed by atoms with E-state index >= 15 is 0 Å². The Morgan fingerprint density at radius 1 is 1.00 bits per heavy atom. The first-order valence-electron chi connectivity index (χ1n) is 8.63. The lowest BCUT2D eigenvalue weighted by atomic mass is 9.87. The maximum Gasteiger partial charge on any atom is 0.271 e. The van der Waals surface area contributed by atoms with Gasteiger partial charge < -0.3 is 0 Å². The van der Waals surface area contributed by atoms with Gasteiger partial charge in [-0.1, -0.05) is 45.0 Å². The molecule has 0 unspecified atom stereocenters. The van der Waals surface area contributed by atoms with Crippen LogP contribution in [0.25, 0.3) is 5.69 Å². The largest absolute Gasteiger partial charge is 0.271 e. The topological polar surface area (TPSA) is 85.1 Å². The van der Waals surface area contributed by atoms with E-state index in [1.165, 1.54) is 11.9 Å². The molecule has 1 amide bonds. The van der Waals surface area contributed by atoms with Crippen LogP contribution < -0.4 is 5.43 Å². The third kappa shape index (κ3) is 4.44. The predicted octanol–water partition coefficient (Wildman–Crippen LogP) is 3.11. The molecule has 0 fully saturated rings. The zero-order chi connectivity index (χ0) is 19.4. The summed E-state index contributed by atoms with van der Waals surface area (Å²) in [6.07, 6.45) is 1.53. The Hall–Kier alpha value is -3.35. The number of nitrogens with zero attached hydrogens (tertiary/aromatic N) is 5. The van der Waals surface area contributed by atoms with Gasteiger partial charge in [0.2, 0.25) is 0 Å². The summed E-state index contributed by atoms with van der Waals surface area (Å²) in [7, 11) is 0. The number of tetrazole rings is 1. The molecule has 2 aromatic carbocycles. The van der Waals surface area contributed by atoms with Gasteiger partial charge in [-0.2, -0.15) is 5.10 Å². The van der Waals surface area contributed by atoms with Gasteiger partial charge in [-0.3, -0.25) is 4.79 Å². The zero-order valence-electron chi connectivity index (χ0n) is 15.8. The van der Waals surface area contributed by atoms with Crippen molar-refractivity contribution in [2.45, 2.75) is 33.1 Å². The fraction of sp³-hybridized carbons (Fsp3) is 0.250. The Morgan fingerprint density at radius 3 is 2.19 bits per heavy atom. The second-order valence-corrected chi connectivity index (χ2v) is 7.27. The minimum Gasteiger partial charge on any atom is -0.267 e. The molecule has 0 bridgehead atoms. The lowest BCUT2D eigenvalue weighted by Gasteiger charge is -2.18. The highest BCUT2D eigenvalue weighted by Crippen LogP contribution is 2.22. The lowest BCUT2D eigenvalue weighted by molar-refractivity contribution is 0.0955. The molecule has 0 aliphatic carbocycles. The number of nitrogens with one attached hydrogen (secondary N) is 1. The van der Waals surface area contributed by atoms with Gasteiger partial charge in [0.15, 0.2) is 0 Å². The van der Waals surface area contributed by atoms with Crippen LogP contribution in [0, 0.1) is 0 Å². The number of rotatable bonds is 4. The van der Waals surface area contributed by atoms with E-state index < -0.39 is 0 Å². The number of hydrazone groups is 1. The molecule has 1 heterocycles. The normalized spacial score (nSPS) is 12.1. The van der Waals surface area contributed by atoms with E-state index in [-0.39, 0.29) is 11.3 Å². The van der Waals surface area contributed by atoms with Crippen LogP contribution in [0.4, 0.5) is 0 Å². The highest BCUT2D eigenvalue weighted by Gasteiger charge is 2.14. The van der Waals surface area contributed by atoms with Crippen molar-refractivity contribution in [2.75, 3.05) is 0 Å². The second kappa shape index (κ2) is 7.49. The fourth-order valence-electron chi connectivity index (χ4n) is 2.52. The van der Waals surface area contributed by atoms with Gasteiger partial charge in [-0.05, 0) is 58.2 Å². The van der Waals surface area contributed by atoms with Crippen LogP contribution in [0.1, 0.15) is 49.2 Å². The molecule has 0 saturated carbocycles. The van der Waals surface area contributed by atoms with Gasteiger partial charge in [0, 0.05) is 5.56 Å². The lowest BCUT2D eigenvalue weighted by Crippen LogP contribution is -2.20. The average molecular weight is 362 g/mol. The number of benzene rings is 2. The minimum absolute atomic E-state index is 0.0538. The molecule has 7 nitrogen and oxygen atoms in total. The van der Waals surface area contributed by atoms with Crippen molar-refractivity contribution in [1.82, 2.24) is 25.6 Å². The van der Waals surface area contributed by atoms with Gasteiger partial charge in [-0.25, -0.2) is 10.1 Å². The molecule has 0 radical (unpaired) electrons. The Bertz CT molecular complexity index is 936. The first-order chi connectivity index (χ1) is 12.8. The van der Waals surface area contributed by atoms with Crippen molar-refractivity contribution in [3.63, 3.8) is 0 Å². The SMILES string of the molecule is CC(=NNC(=O)c1ccc(C(C)(C)C)cc1)c1ccc(-n2cnnn2)cc1. The van der Waals surface area contributed by atoms with Crippen molar-refractivity contribution in [1.29, 1.82) is 0 Å². The first-order valence-corrected chi connectivity index (χ1v) is 8.63. The van der Waals surface area contributed by atoms with Crippen LogP contribution in [0.5, 0.6) is 0 Å². The Balaban J connectivity index is 1.67. The van der Waals surface area contributed by atoms with Crippen molar-refractivity contribution < 1.29 is 4.79 Å². The molecule has 1 aromatic heterocycles. The molecule has 1 N–H and O–H groups in total. The summed E-state index contributed by atoms with van der Waals surface area (Å²) < 4.78 is 1.57. The summed E-state index contributed by atoms with van der Waals surface area (Å²) in [5.74, 6) is -0.236. The molecule has 0 aliphatic rings. The van der Waals surface area contributed by atoms with Crippen LogP contribution in [0.2, 0.25) is 0 Å². The van der Waals surface area contributed by atoms with E-state index in [2.05, 4.69) is 46.8 Å². The van der Waals surface area contributed by atoms with E-state index in [1.54, 1.807) is 4.68 Å². The van der Waals surface area contributed by atoms with Crippen LogP contribution in [-0.2, 0) is 5.41 Å². The van der Waals surface area contributed by atoms with Crippen molar-refractivity contribution in [3.8, 4) is 5.69 Å². The Morgan fingerprint density at radius 2 is 1.63 bits per heavy atom. The maximum atomic E-state index is 12.3. The monoisotopic (exact) mass is 362 g/mol. The molecule has 27 heavy (non-hydrogen) atoms.